The van der Waals surface area contributed by atoms with Crippen LogP contribution in [-0.4, -0.2) is 72.6 Å². The Kier molecular flexibility index (Phi) is 8.76. The van der Waals surface area contributed by atoms with Gasteiger partial charge in [-0.1, -0.05) is 13.8 Å². The number of aryl methyl sites for hydroxylation is 1. The SMILES string of the molecule is CCNC(=NCC(C(C)C)N1CCOCC1)NCCCn1cccn1. The lowest BCUT2D eigenvalue weighted by Crippen LogP contribution is -2.48. The molecule has 1 fully saturated rings. The number of rotatable bonds is 9. The van der Waals surface area contributed by atoms with Gasteiger partial charge in [-0.3, -0.25) is 14.6 Å². The summed E-state index contributed by atoms with van der Waals surface area (Å²) in [5.74, 6) is 1.48. The molecule has 0 amide bonds. The summed E-state index contributed by atoms with van der Waals surface area (Å²) in [5.41, 5.74) is 0. The Balaban J connectivity index is 1.81. The molecule has 7 nitrogen and oxygen atoms in total. The van der Waals surface area contributed by atoms with E-state index < -0.39 is 0 Å². The van der Waals surface area contributed by atoms with Crippen molar-refractivity contribution in [3.05, 3.63) is 18.5 Å². The number of aromatic nitrogens is 2. The van der Waals surface area contributed by atoms with Gasteiger partial charge < -0.3 is 15.4 Å². The zero-order valence-corrected chi connectivity index (χ0v) is 15.9. The van der Waals surface area contributed by atoms with Crippen LogP contribution in [-0.2, 0) is 11.3 Å². The second-order valence-electron chi connectivity index (χ2n) is 6.73. The smallest absolute Gasteiger partial charge is 0.191 e. The van der Waals surface area contributed by atoms with Gasteiger partial charge in [0.25, 0.3) is 0 Å². The lowest BCUT2D eigenvalue weighted by molar-refractivity contribution is 0.00867. The topological polar surface area (TPSA) is 66.7 Å². The van der Waals surface area contributed by atoms with E-state index >= 15 is 0 Å². The fourth-order valence-electron chi connectivity index (χ4n) is 3.06. The summed E-state index contributed by atoms with van der Waals surface area (Å²) in [5, 5.41) is 11.0. The van der Waals surface area contributed by atoms with Crippen LogP contribution in [0.5, 0.6) is 0 Å². The van der Waals surface area contributed by atoms with Crippen molar-refractivity contribution >= 4 is 5.96 Å². The molecule has 2 heterocycles. The van der Waals surface area contributed by atoms with Gasteiger partial charge in [0.15, 0.2) is 5.96 Å². The van der Waals surface area contributed by atoms with E-state index in [1.165, 1.54) is 0 Å². The van der Waals surface area contributed by atoms with Crippen molar-refractivity contribution in [3.63, 3.8) is 0 Å². The summed E-state index contributed by atoms with van der Waals surface area (Å²) in [6.07, 6.45) is 4.83. The molecule has 1 saturated heterocycles. The van der Waals surface area contributed by atoms with E-state index in [9.17, 15) is 0 Å². The third kappa shape index (κ3) is 7.04. The Morgan fingerprint density at radius 3 is 2.72 bits per heavy atom. The van der Waals surface area contributed by atoms with E-state index in [4.69, 9.17) is 9.73 Å². The molecule has 2 rings (SSSR count). The molecule has 0 aliphatic carbocycles. The number of morpholine rings is 1. The van der Waals surface area contributed by atoms with Gasteiger partial charge in [0.1, 0.15) is 0 Å². The van der Waals surface area contributed by atoms with E-state index in [-0.39, 0.29) is 0 Å². The third-order valence-electron chi connectivity index (χ3n) is 4.48. The molecule has 1 aliphatic heterocycles. The molecule has 0 radical (unpaired) electrons. The molecule has 25 heavy (non-hydrogen) atoms. The fraction of sp³-hybridized carbons (Fsp3) is 0.778. The van der Waals surface area contributed by atoms with Crippen LogP contribution in [0, 0.1) is 5.92 Å². The fourth-order valence-corrected chi connectivity index (χ4v) is 3.06. The summed E-state index contributed by atoms with van der Waals surface area (Å²) in [6.45, 7) is 13.8. The maximum atomic E-state index is 5.48. The first-order valence-electron chi connectivity index (χ1n) is 9.52. The zero-order valence-electron chi connectivity index (χ0n) is 15.9. The summed E-state index contributed by atoms with van der Waals surface area (Å²) in [6, 6.07) is 2.42. The second-order valence-corrected chi connectivity index (χ2v) is 6.73. The van der Waals surface area contributed by atoms with Crippen molar-refractivity contribution in [2.75, 3.05) is 45.9 Å². The van der Waals surface area contributed by atoms with E-state index in [0.717, 1.165) is 64.9 Å². The van der Waals surface area contributed by atoms with Crippen LogP contribution in [0.15, 0.2) is 23.5 Å². The first-order valence-corrected chi connectivity index (χ1v) is 9.52. The summed E-state index contributed by atoms with van der Waals surface area (Å²) in [7, 11) is 0. The zero-order chi connectivity index (χ0) is 17.9. The van der Waals surface area contributed by atoms with Gasteiger partial charge in [0, 0.05) is 51.2 Å². The van der Waals surface area contributed by atoms with Crippen molar-refractivity contribution in [2.24, 2.45) is 10.9 Å². The minimum Gasteiger partial charge on any atom is -0.379 e. The molecular formula is C18H34N6O. The van der Waals surface area contributed by atoms with Crippen LogP contribution >= 0.6 is 0 Å². The average Bonchev–Trinajstić information content (AvgIpc) is 3.13. The number of nitrogens with one attached hydrogen (secondary N) is 2. The molecule has 1 aromatic rings. The summed E-state index contributed by atoms with van der Waals surface area (Å²) >= 11 is 0. The van der Waals surface area contributed by atoms with E-state index in [1.807, 2.05) is 23.1 Å². The molecule has 142 valence electrons. The van der Waals surface area contributed by atoms with E-state index in [1.54, 1.807) is 0 Å². The van der Waals surface area contributed by atoms with Gasteiger partial charge in [-0.25, -0.2) is 0 Å². The van der Waals surface area contributed by atoms with Crippen LogP contribution in [0.1, 0.15) is 27.2 Å². The molecule has 0 aromatic carbocycles. The van der Waals surface area contributed by atoms with Crippen LogP contribution in [0.2, 0.25) is 0 Å². The molecule has 1 atom stereocenters. The monoisotopic (exact) mass is 350 g/mol. The van der Waals surface area contributed by atoms with Crippen LogP contribution in [0.3, 0.4) is 0 Å². The Hall–Kier alpha value is -1.60. The molecule has 1 unspecified atom stereocenters. The molecule has 0 bridgehead atoms. The molecule has 1 aliphatic rings. The van der Waals surface area contributed by atoms with Gasteiger partial charge in [-0.15, -0.1) is 0 Å². The first kappa shape index (κ1) is 19.7. The number of nitrogens with zero attached hydrogens (tertiary/aromatic N) is 4. The van der Waals surface area contributed by atoms with Gasteiger partial charge in [-0.05, 0) is 25.3 Å². The van der Waals surface area contributed by atoms with E-state index in [2.05, 4.69) is 41.4 Å². The average molecular weight is 351 g/mol. The Morgan fingerprint density at radius 2 is 2.08 bits per heavy atom. The highest BCUT2D eigenvalue weighted by Gasteiger charge is 2.23. The lowest BCUT2D eigenvalue weighted by Gasteiger charge is -2.36. The van der Waals surface area contributed by atoms with Gasteiger partial charge in [0.2, 0.25) is 0 Å². The normalized spacial score (nSPS) is 17.7. The number of hydrogen-bond acceptors (Lipinski definition) is 4. The Morgan fingerprint density at radius 1 is 1.28 bits per heavy atom. The molecule has 7 heteroatoms. The van der Waals surface area contributed by atoms with Crippen molar-refractivity contribution in [3.8, 4) is 0 Å². The largest absolute Gasteiger partial charge is 0.379 e. The summed E-state index contributed by atoms with van der Waals surface area (Å²) in [4.78, 5) is 7.35. The molecular weight excluding hydrogens is 316 g/mol. The number of guanidine groups is 1. The third-order valence-corrected chi connectivity index (χ3v) is 4.48. The number of hydrogen-bond donors (Lipinski definition) is 2. The van der Waals surface area contributed by atoms with Gasteiger partial charge >= 0.3 is 0 Å². The predicted octanol–water partition coefficient (Wildman–Crippen LogP) is 1.19. The lowest BCUT2D eigenvalue weighted by atomic mass is 10.0. The molecule has 0 spiro atoms. The highest BCUT2D eigenvalue weighted by atomic mass is 16.5. The first-order chi connectivity index (χ1) is 12.2. The Bertz CT molecular complexity index is 482. The van der Waals surface area contributed by atoms with Crippen LogP contribution in [0.25, 0.3) is 0 Å². The molecule has 1 aromatic heterocycles. The van der Waals surface area contributed by atoms with Crippen LogP contribution in [0.4, 0.5) is 0 Å². The van der Waals surface area contributed by atoms with E-state index in [0.29, 0.717) is 12.0 Å². The van der Waals surface area contributed by atoms with Gasteiger partial charge in [0.05, 0.1) is 19.8 Å². The van der Waals surface area contributed by atoms with Crippen molar-refractivity contribution in [2.45, 2.75) is 39.8 Å². The van der Waals surface area contributed by atoms with Crippen LogP contribution < -0.4 is 10.6 Å². The van der Waals surface area contributed by atoms with Crippen molar-refractivity contribution < 1.29 is 4.74 Å². The minimum atomic E-state index is 0.462. The second kappa shape index (κ2) is 11.1. The highest BCUT2D eigenvalue weighted by Crippen LogP contribution is 2.13. The Labute approximate surface area is 151 Å². The summed E-state index contributed by atoms with van der Waals surface area (Å²) < 4.78 is 7.44. The quantitative estimate of drug-likeness (QED) is 0.398. The maximum absolute atomic E-state index is 5.48. The minimum absolute atomic E-state index is 0.462. The standard InChI is InChI=1S/C18H34N6O/c1-4-19-18(20-7-5-9-24-10-6-8-22-24)21-15-17(16(2)3)23-11-13-25-14-12-23/h6,8,10,16-17H,4-5,7,9,11-15H2,1-3H3,(H2,19,20,21). The molecule has 0 saturated carbocycles. The van der Waals surface area contributed by atoms with Gasteiger partial charge in [-0.2, -0.15) is 5.10 Å². The number of ether oxygens (including phenoxy) is 1. The molecule has 2 N–H and O–H groups in total. The highest BCUT2D eigenvalue weighted by molar-refractivity contribution is 5.79. The van der Waals surface area contributed by atoms with Crippen molar-refractivity contribution in [1.29, 1.82) is 0 Å². The maximum Gasteiger partial charge on any atom is 0.191 e. The predicted molar refractivity (Wildman–Crippen MR) is 102 cm³/mol. The number of aliphatic imine (C=N–C) groups is 1. The van der Waals surface area contributed by atoms with Crippen molar-refractivity contribution in [1.82, 2.24) is 25.3 Å².